The van der Waals surface area contributed by atoms with E-state index < -0.39 is 0 Å². The highest BCUT2D eigenvalue weighted by Gasteiger charge is 1.80. The van der Waals surface area contributed by atoms with Crippen molar-refractivity contribution >= 4 is 18.9 Å². The number of nitrogens with zero attached hydrogens (tertiary/aromatic N) is 5. The molecule has 0 bridgehead atoms. The standard InChI is InChI=1S/2C3H5N3/c2*1-2-5-6-3-4-1/h3H,1-2H2;2-3H,1H2,(H,4,6). The van der Waals surface area contributed by atoms with Gasteiger partial charge in [-0.05, 0) is 0 Å². The second-order valence-electron chi connectivity index (χ2n) is 1.94. The van der Waals surface area contributed by atoms with E-state index >= 15 is 0 Å². The molecule has 0 saturated heterocycles. The molecule has 0 aliphatic carbocycles. The lowest BCUT2D eigenvalue weighted by Gasteiger charge is -1.91. The Balaban J connectivity index is 0.000000120. The Kier molecular flexibility index (Phi) is 4.35. The molecule has 64 valence electrons. The molecule has 2 aliphatic rings. The highest BCUT2D eigenvalue weighted by atomic mass is 15.3. The molecule has 0 unspecified atom stereocenters. The van der Waals surface area contributed by atoms with Crippen molar-refractivity contribution in [3.8, 4) is 0 Å². The predicted molar refractivity (Wildman–Crippen MR) is 48.1 cm³/mol. The van der Waals surface area contributed by atoms with Crippen LogP contribution in [0.1, 0.15) is 0 Å². The van der Waals surface area contributed by atoms with E-state index in [4.69, 9.17) is 0 Å². The van der Waals surface area contributed by atoms with Crippen molar-refractivity contribution in [3.05, 3.63) is 0 Å². The minimum absolute atomic E-state index is 0.715. The zero-order valence-corrected chi connectivity index (χ0v) is 6.59. The first kappa shape index (κ1) is 8.51. The molecule has 2 rings (SSSR count). The van der Waals surface area contributed by atoms with E-state index in [1.54, 1.807) is 12.6 Å². The quantitative estimate of drug-likeness (QED) is 0.544. The minimum atomic E-state index is 0.715. The van der Waals surface area contributed by atoms with Crippen molar-refractivity contribution in [2.24, 2.45) is 25.3 Å². The summed E-state index contributed by atoms with van der Waals surface area (Å²) in [4.78, 5) is 7.58. The van der Waals surface area contributed by atoms with Gasteiger partial charge in [0.25, 0.3) is 0 Å². The number of aliphatic imine (C=N–C) groups is 2. The number of hydrogen-bond acceptors (Lipinski definition) is 6. The van der Waals surface area contributed by atoms with Crippen LogP contribution >= 0.6 is 0 Å². The number of hydrazone groups is 1. The van der Waals surface area contributed by atoms with Gasteiger partial charge in [-0.1, -0.05) is 0 Å². The molecule has 2 aliphatic heterocycles. The van der Waals surface area contributed by atoms with Gasteiger partial charge in [-0.3, -0.25) is 15.4 Å². The molecule has 0 amide bonds. The summed E-state index contributed by atoms with van der Waals surface area (Å²) in [5.74, 6) is 0. The first-order chi connectivity index (χ1) is 6.00. The van der Waals surface area contributed by atoms with Gasteiger partial charge in [0.15, 0.2) is 0 Å². The molecule has 0 aromatic rings. The molecule has 0 atom stereocenters. The summed E-state index contributed by atoms with van der Waals surface area (Å²) >= 11 is 0. The summed E-state index contributed by atoms with van der Waals surface area (Å²) in [7, 11) is 0. The Hall–Kier alpha value is -1.59. The SMILES string of the molecule is C1=NCC=NN1.C1=NCCN=N1. The molecule has 0 aromatic carbocycles. The Bertz CT molecular complexity index is 184. The molecular formula is C6H10N6. The van der Waals surface area contributed by atoms with Crippen molar-refractivity contribution in [3.63, 3.8) is 0 Å². The normalized spacial score (nSPS) is 18.0. The van der Waals surface area contributed by atoms with Gasteiger partial charge in [0.2, 0.25) is 0 Å². The second-order valence-corrected chi connectivity index (χ2v) is 1.94. The summed E-state index contributed by atoms with van der Waals surface area (Å²) in [6, 6.07) is 0. The summed E-state index contributed by atoms with van der Waals surface area (Å²) in [5.41, 5.74) is 2.56. The van der Waals surface area contributed by atoms with E-state index in [1.807, 2.05) is 0 Å². The van der Waals surface area contributed by atoms with Gasteiger partial charge in [-0.25, -0.2) is 0 Å². The lowest BCUT2D eigenvalue weighted by molar-refractivity contribution is 0.893. The maximum absolute atomic E-state index is 3.79. The molecule has 12 heavy (non-hydrogen) atoms. The van der Waals surface area contributed by atoms with E-state index in [0.717, 1.165) is 13.1 Å². The van der Waals surface area contributed by atoms with Gasteiger partial charge in [0.1, 0.15) is 12.7 Å². The lowest BCUT2D eigenvalue weighted by atomic mass is 10.7. The molecular weight excluding hydrogens is 156 g/mol. The summed E-state index contributed by atoms with van der Waals surface area (Å²) in [6.07, 6.45) is 4.75. The smallest absolute Gasteiger partial charge is 0.132 e. The zero-order valence-electron chi connectivity index (χ0n) is 6.59. The van der Waals surface area contributed by atoms with E-state index in [0.29, 0.717) is 6.54 Å². The average molecular weight is 166 g/mol. The molecule has 1 N–H and O–H groups in total. The minimum Gasteiger partial charge on any atom is -0.270 e. The topological polar surface area (TPSA) is 73.8 Å². The van der Waals surface area contributed by atoms with Gasteiger partial charge < -0.3 is 0 Å². The number of nitrogens with one attached hydrogen (secondary N) is 1. The Morgan fingerprint density at radius 2 is 2.17 bits per heavy atom. The second kappa shape index (κ2) is 6.14. The Labute approximate surface area is 70.2 Å². The van der Waals surface area contributed by atoms with Crippen molar-refractivity contribution < 1.29 is 0 Å². The molecule has 6 nitrogen and oxygen atoms in total. The third kappa shape index (κ3) is 4.26. The molecule has 0 aromatic heterocycles. The molecule has 6 heteroatoms. The van der Waals surface area contributed by atoms with Gasteiger partial charge in [0, 0.05) is 6.21 Å². The van der Waals surface area contributed by atoms with Crippen molar-refractivity contribution in [2.45, 2.75) is 0 Å². The van der Waals surface area contributed by atoms with E-state index in [1.165, 1.54) is 6.34 Å². The molecule has 2 heterocycles. The first-order valence-electron chi connectivity index (χ1n) is 3.60. The van der Waals surface area contributed by atoms with Crippen LogP contribution in [0.25, 0.3) is 0 Å². The highest BCUT2D eigenvalue weighted by molar-refractivity contribution is 5.68. The largest absolute Gasteiger partial charge is 0.270 e. The Morgan fingerprint density at radius 3 is 2.33 bits per heavy atom. The molecule has 0 spiro atoms. The van der Waals surface area contributed by atoms with E-state index in [9.17, 15) is 0 Å². The van der Waals surface area contributed by atoms with Gasteiger partial charge in [0.05, 0.1) is 19.6 Å². The van der Waals surface area contributed by atoms with E-state index in [-0.39, 0.29) is 0 Å². The number of hydrogen-bond donors (Lipinski definition) is 1. The van der Waals surface area contributed by atoms with Crippen LogP contribution in [0.15, 0.2) is 25.3 Å². The Morgan fingerprint density at radius 1 is 1.17 bits per heavy atom. The van der Waals surface area contributed by atoms with Crippen LogP contribution in [0.2, 0.25) is 0 Å². The van der Waals surface area contributed by atoms with Crippen LogP contribution in [0, 0.1) is 0 Å². The number of rotatable bonds is 0. The van der Waals surface area contributed by atoms with Crippen LogP contribution in [-0.4, -0.2) is 38.5 Å². The summed E-state index contributed by atoms with van der Waals surface area (Å²) in [5, 5.41) is 10.8. The summed E-state index contributed by atoms with van der Waals surface area (Å²) in [6.45, 7) is 2.28. The van der Waals surface area contributed by atoms with E-state index in [2.05, 4.69) is 30.7 Å². The fourth-order valence-electron chi connectivity index (χ4n) is 0.558. The third-order valence-corrected chi connectivity index (χ3v) is 1.05. The summed E-state index contributed by atoms with van der Waals surface area (Å²) < 4.78 is 0. The number of azo groups is 1. The lowest BCUT2D eigenvalue weighted by Crippen LogP contribution is -2.07. The van der Waals surface area contributed by atoms with Crippen LogP contribution in [0.4, 0.5) is 0 Å². The maximum Gasteiger partial charge on any atom is 0.132 e. The van der Waals surface area contributed by atoms with Gasteiger partial charge in [-0.15, -0.1) is 5.11 Å². The van der Waals surface area contributed by atoms with Gasteiger partial charge in [-0.2, -0.15) is 10.2 Å². The van der Waals surface area contributed by atoms with Crippen molar-refractivity contribution in [1.29, 1.82) is 0 Å². The van der Waals surface area contributed by atoms with Crippen LogP contribution < -0.4 is 5.43 Å². The fourth-order valence-corrected chi connectivity index (χ4v) is 0.558. The molecule has 0 fully saturated rings. The monoisotopic (exact) mass is 166 g/mol. The molecule has 0 saturated carbocycles. The van der Waals surface area contributed by atoms with Gasteiger partial charge >= 0.3 is 0 Å². The highest BCUT2D eigenvalue weighted by Crippen LogP contribution is 1.80. The maximum atomic E-state index is 3.79. The van der Waals surface area contributed by atoms with Crippen molar-refractivity contribution in [2.75, 3.05) is 19.6 Å². The van der Waals surface area contributed by atoms with Crippen molar-refractivity contribution in [1.82, 2.24) is 5.43 Å². The van der Waals surface area contributed by atoms with Crippen LogP contribution in [-0.2, 0) is 0 Å². The average Bonchev–Trinajstić information content (AvgIpc) is 2.24. The fraction of sp³-hybridized carbons (Fsp3) is 0.500. The molecule has 0 radical (unpaired) electrons. The zero-order chi connectivity index (χ0) is 8.49. The third-order valence-electron chi connectivity index (χ3n) is 1.05. The first-order valence-corrected chi connectivity index (χ1v) is 3.60. The van der Waals surface area contributed by atoms with Crippen LogP contribution in [0.5, 0.6) is 0 Å². The van der Waals surface area contributed by atoms with Crippen LogP contribution in [0.3, 0.4) is 0 Å². The predicted octanol–water partition coefficient (Wildman–Crippen LogP) is 0.0842.